The van der Waals surface area contributed by atoms with E-state index in [0.717, 1.165) is 12.1 Å². The highest BCUT2D eigenvalue weighted by molar-refractivity contribution is 6.01. The fraction of sp³-hybridized carbons (Fsp3) is 0.154. The number of nitrogen functional groups attached to an aromatic ring is 1. The Hall–Kier alpha value is -4.37. The summed E-state index contributed by atoms with van der Waals surface area (Å²) in [5.41, 5.74) is 7.41. The third-order valence-electron chi connectivity index (χ3n) is 4.87. The number of nitrogens with one attached hydrogen (secondary N) is 2. The summed E-state index contributed by atoms with van der Waals surface area (Å²) >= 11 is 0. The van der Waals surface area contributed by atoms with Crippen molar-refractivity contribution in [2.24, 2.45) is 0 Å². The van der Waals surface area contributed by atoms with Crippen LogP contribution in [0.1, 0.15) is 18.6 Å². The van der Waals surface area contributed by atoms with Gasteiger partial charge in [-0.3, -0.25) is 10.1 Å². The first-order valence-corrected chi connectivity index (χ1v) is 10.8. The summed E-state index contributed by atoms with van der Waals surface area (Å²) < 4.78 is 25.4. The molecule has 0 radical (unpaired) electrons. The SMILES string of the molecule is CCO[C@H](/C=C/C(=O)Nc1ccccc1N)[C@H](OC(=O)Nc1ccccc1)c1ccc(O)c(F)c1. The van der Waals surface area contributed by atoms with Crippen LogP contribution < -0.4 is 16.4 Å². The third-order valence-corrected chi connectivity index (χ3v) is 4.87. The van der Waals surface area contributed by atoms with Gasteiger partial charge in [-0.25, -0.2) is 9.18 Å². The minimum Gasteiger partial charge on any atom is -0.505 e. The maximum Gasteiger partial charge on any atom is 0.412 e. The van der Waals surface area contributed by atoms with Gasteiger partial charge < -0.3 is 25.6 Å². The van der Waals surface area contributed by atoms with E-state index in [1.807, 2.05) is 0 Å². The van der Waals surface area contributed by atoms with Crippen LogP contribution >= 0.6 is 0 Å². The molecule has 0 saturated carbocycles. The number of hydrogen-bond donors (Lipinski definition) is 4. The molecule has 2 atom stereocenters. The maximum absolute atomic E-state index is 14.1. The fourth-order valence-corrected chi connectivity index (χ4v) is 3.21. The molecule has 35 heavy (non-hydrogen) atoms. The lowest BCUT2D eigenvalue weighted by atomic mass is 10.0. The van der Waals surface area contributed by atoms with Crippen molar-refractivity contribution in [3.8, 4) is 5.75 Å². The van der Waals surface area contributed by atoms with E-state index in [1.54, 1.807) is 61.5 Å². The van der Waals surface area contributed by atoms with E-state index < -0.39 is 35.8 Å². The van der Waals surface area contributed by atoms with Crippen molar-refractivity contribution >= 4 is 29.1 Å². The maximum atomic E-state index is 14.1. The highest BCUT2D eigenvalue weighted by Gasteiger charge is 2.27. The summed E-state index contributed by atoms with van der Waals surface area (Å²) in [5, 5.41) is 14.8. The Morgan fingerprint density at radius 1 is 1.06 bits per heavy atom. The first kappa shape index (κ1) is 25.3. The summed E-state index contributed by atoms with van der Waals surface area (Å²) in [7, 11) is 0. The first-order chi connectivity index (χ1) is 16.9. The molecule has 0 aliphatic heterocycles. The second-order valence-corrected chi connectivity index (χ2v) is 7.38. The fourth-order valence-electron chi connectivity index (χ4n) is 3.21. The average molecular weight is 480 g/mol. The topological polar surface area (TPSA) is 123 Å². The molecule has 9 heteroatoms. The summed E-state index contributed by atoms with van der Waals surface area (Å²) in [5.74, 6) is -1.93. The number of rotatable bonds is 9. The monoisotopic (exact) mass is 479 g/mol. The Morgan fingerprint density at radius 3 is 2.46 bits per heavy atom. The molecule has 5 N–H and O–H groups in total. The number of amides is 2. The van der Waals surface area contributed by atoms with Crippen LogP contribution in [0.4, 0.5) is 26.2 Å². The van der Waals surface area contributed by atoms with Crippen LogP contribution in [-0.4, -0.2) is 29.8 Å². The van der Waals surface area contributed by atoms with Crippen LogP contribution in [0.15, 0.2) is 84.9 Å². The zero-order valence-electron chi connectivity index (χ0n) is 19.0. The van der Waals surface area contributed by atoms with Crippen molar-refractivity contribution in [3.05, 3.63) is 96.3 Å². The van der Waals surface area contributed by atoms with E-state index in [-0.39, 0.29) is 12.2 Å². The number of carbonyl (C=O) groups excluding carboxylic acids is 2. The number of ether oxygens (including phenoxy) is 2. The predicted octanol–water partition coefficient (Wildman–Crippen LogP) is 5.00. The van der Waals surface area contributed by atoms with Crippen LogP contribution in [0.25, 0.3) is 0 Å². The van der Waals surface area contributed by atoms with E-state index >= 15 is 0 Å². The second-order valence-electron chi connectivity index (χ2n) is 7.38. The van der Waals surface area contributed by atoms with Gasteiger partial charge in [0, 0.05) is 18.4 Å². The number of benzene rings is 3. The van der Waals surface area contributed by atoms with Crippen LogP contribution in [0, 0.1) is 5.82 Å². The number of halogens is 1. The minimum atomic E-state index is -1.14. The normalized spacial score (nSPS) is 12.6. The van der Waals surface area contributed by atoms with E-state index in [0.29, 0.717) is 17.1 Å². The number of nitrogens with two attached hydrogens (primary N) is 1. The lowest BCUT2D eigenvalue weighted by molar-refractivity contribution is -0.112. The van der Waals surface area contributed by atoms with Gasteiger partial charge in [-0.2, -0.15) is 0 Å². The summed E-state index contributed by atoms with van der Waals surface area (Å²) in [6.45, 7) is 1.94. The summed E-state index contributed by atoms with van der Waals surface area (Å²) in [4.78, 5) is 25.1. The number of phenols is 1. The Balaban J connectivity index is 1.84. The molecule has 0 aliphatic carbocycles. The predicted molar refractivity (Wildman–Crippen MR) is 131 cm³/mol. The molecule has 0 saturated heterocycles. The molecule has 0 unspecified atom stereocenters. The Kier molecular flexibility index (Phi) is 8.80. The minimum absolute atomic E-state index is 0.211. The van der Waals surface area contributed by atoms with Gasteiger partial charge in [-0.05, 0) is 55.0 Å². The molecule has 3 rings (SSSR count). The number of aromatic hydroxyl groups is 1. The van der Waals surface area contributed by atoms with E-state index in [4.69, 9.17) is 15.2 Å². The molecule has 3 aromatic carbocycles. The lowest BCUT2D eigenvalue weighted by Crippen LogP contribution is -2.28. The van der Waals surface area contributed by atoms with Gasteiger partial charge in [0.1, 0.15) is 6.10 Å². The van der Waals surface area contributed by atoms with Gasteiger partial charge in [-0.1, -0.05) is 36.4 Å². The molecule has 0 aromatic heterocycles. The zero-order valence-corrected chi connectivity index (χ0v) is 19.0. The molecular formula is C26H26FN3O5. The molecule has 0 fully saturated rings. The average Bonchev–Trinajstić information content (AvgIpc) is 2.84. The van der Waals surface area contributed by atoms with Crippen molar-refractivity contribution in [1.29, 1.82) is 0 Å². The van der Waals surface area contributed by atoms with Gasteiger partial charge in [0.25, 0.3) is 0 Å². The van der Waals surface area contributed by atoms with E-state index in [2.05, 4.69) is 10.6 Å². The van der Waals surface area contributed by atoms with Crippen molar-refractivity contribution in [1.82, 2.24) is 0 Å². The Bertz CT molecular complexity index is 1190. The molecule has 0 aliphatic rings. The molecular weight excluding hydrogens is 453 g/mol. The van der Waals surface area contributed by atoms with E-state index in [9.17, 15) is 19.1 Å². The third kappa shape index (κ3) is 7.31. The molecule has 0 spiro atoms. The largest absolute Gasteiger partial charge is 0.505 e. The number of hydrogen-bond acceptors (Lipinski definition) is 6. The van der Waals surface area contributed by atoms with Crippen LogP contribution in [0.5, 0.6) is 5.75 Å². The quantitative estimate of drug-likeness (QED) is 0.253. The van der Waals surface area contributed by atoms with Crippen molar-refractivity contribution < 1.29 is 28.6 Å². The van der Waals surface area contributed by atoms with Crippen molar-refractivity contribution in [2.45, 2.75) is 19.1 Å². The molecule has 182 valence electrons. The van der Waals surface area contributed by atoms with Crippen LogP contribution in [0.3, 0.4) is 0 Å². The number of carbonyl (C=O) groups is 2. The van der Waals surface area contributed by atoms with Crippen LogP contribution in [-0.2, 0) is 14.3 Å². The van der Waals surface area contributed by atoms with E-state index in [1.165, 1.54) is 18.2 Å². The zero-order chi connectivity index (χ0) is 25.2. The molecule has 2 amide bonds. The van der Waals surface area contributed by atoms with Gasteiger partial charge in [-0.15, -0.1) is 0 Å². The highest BCUT2D eigenvalue weighted by atomic mass is 19.1. The number of para-hydroxylation sites is 3. The van der Waals surface area contributed by atoms with Crippen molar-refractivity contribution in [2.75, 3.05) is 23.0 Å². The molecule has 0 heterocycles. The number of anilines is 3. The highest BCUT2D eigenvalue weighted by Crippen LogP contribution is 2.29. The van der Waals surface area contributed by atoms with Gasteiger partial charge >= 0.3 is 6.09 Å². The van der Waals surface area contributed by atoms with Gasteiger partial charge in [0.2, 0.25) is 5.91 Å². The van der Waals surface area contributed by atoms with Crippen molar-refractivity contribution in [3.63, 3.8) is 0 Å². The molecule has 3 aromatic rings. The lowest BCUT2D eigenvalue weighted by Gasteiger charge is -2.25. The van der Waals surface area contributed by atoms with Crippen LogP contribution in [0.2, 0.25) is 0 Å². The molecule has 0 bridgehead atoms. The summed E-state index contributed by atoms with van der Waals surface area (Å²) in [6.07, 6.45) is -0.281. The molecule has 8 nitrogen and oxygen atoms in total. The summed E-state index contributed by atoms with van der Waals surface area (Å²) in [6, 6.07) is 19.0. The van der Waals surface area contributed by atoms with Gasteiger partial charge in [0.05, 0.1) is 11.4 Å². The Labute approximate surface area is 202 Å². The standard InChI is InChI=1S/C26H26FN3O5/c1-2-34-23(14-15-24(32)30-21-11-7-6-10-20(21)28)25(17-12-13-22(31)19(27)16-17)35-26(33)29-18-8-4-3-5-9-18/h3-16,23,25,31H,2,28H2,1H3,(H,29,33)(H,30,32)/b15-14+/t23-,25-/m1/s1. The smallest absolute Gasteiger partial charge is 0.412 e. The Morgan fingerprint density at radius 2 is 1.77 bits per heavy atom. The van der Waals surface area contributed by atoms with Gasteiger partial charge in [0.15, 0.2) is 17.7 Å². The second kappa shape index (κ2) is 12.2. The number of phenolic OH excluding ortho intramolecular Hbond substituents is 1. The first-order valence-electron chi connectivity index (χ1n) is 10.8.